The zero-order valence-electron chi connectivity index (χ0n) is 20.3. The molecular formula is C28H30ClN3O3. The molecule has 182 valence electrons. The lowest BCUT2D eigenvalue weighted by Gasteiger charge is -2.49. The summed E-state index contributed by atoms with van der Waals surface area (Å²) in [5.74, 6) is -0.0457. The maximum absolute atomic E-state index is 13.6. The highest BCUT2D eigenvalue weighted by Crippen LogP contribution is 2.32. The van der Waals surface area contributed by atoms with Gasteiger partial charge in [0.1, 0.15) is 5.60 Å². The third kappa shape index (κ3) is 4.85. The van der Waals surface area contributed by atoms with Gasteiger partial charge in [0.2, 0.25) is 0 Å². The number of hydrogen-bond donors (Lipinski definition) is 0. The van der Waals surface area contributed by atoms with Crippen molar-refractivity contribution in [3.8, 4) is 11.3 Å². The molecule has 2 fully saturated rings. The van der Waals surface area contributed by atoms with Gasteiger partial charge in [-0.25, -0.2) is 9.78 Å². The summed E-state index contributed by atoms with van der Waals surface area (Å²) >= 11 is 6.56. The van der Waals surface area contributed by atoms with Crippen molar-refractivity contribution >= 4 is 34.5 Å². The van der Waals surface area contributed by atoms with E-state index in [4.69, 9.17) is 21.3 Å². The van der Waals surface area contributed by atoms with E-state index < -0.39 is 5.60 Å². The van der Waals surface area contributed by atoms with Crippen LogP contribution in [-0.4, -0.2) is 57.6 Å². The number of fused-ring (bicyclic) bond motifs is 3. The largest absolute Gasteiger partial charge is 0.444 e. The quantitative estimate of drug-likeness (QED) is 0.430. The van der Waals surface area contributed by atoms with Crippen LogP contribution < -0.4 is 0 Å². The second kappa shape index (κ2) is 9.15. The molecule has 0 spiro atoms. The van der Waals surface area contributed by atoms with E-state index in [0.717, 1.165) is 35.9 Å². The van der Waals surface area contributed by atoms with Gasteiger partial charge < -0.3 is 9.64 Å². The van der Waals surface area contributed by atoms with Crippen molar-refractivity contribution < 1.29 is 14.3 Å². The van der Waals surface area contributed by atoms with Crippen LogP contribution in [0.25, 0.3) is 22.2 Å². The highest BCUT2D eigenvalue weighted by atomic mass is 35.5. The zero-order valence-corrected chi connectivity index (χ0v) is 21.1. The van der Waals surface area contributed by atoms with Gasteiger partial charge in [0, 0.05) is 29.6 Å². The smallest absolute Gasteiger partial charge is 0.410 e. The van der Waals surface area contributed by atoms with Gasteiger partial charge in [-0.1, -0.05) is 48.0 Å². The molecule has 2 bridgehead atoms. The minimum Gasteiger partial charge on any atom is -0.444 e. The van der Waals surface area contributed by atoms with Gasteiger partial charge in [-0.2, -0.15) is 0 Å². The number of rotatable bonds is 2. The number of aromatic nitrogens is 1. The third-order valence-corrected chi connectivity index (χ3v) is 7.00. The molecule has 0 aliphatic carbocycles. The number of amides is 2. The van der Waals surface area contributed by atoms with Crippen molar-refractivity contribution in [2.75, 3.05) is 13.1 Å². The molecule has 2 saturated heterocycles. The lowest BCUT2D eigenvalue weighted by Crippen LogP contribution is -2.64. The maximum Gasteiger partial charge on any atom is 0.410 e. The number of benzene rings is 2. The van der Waals surface area contributed by atoms with Gasteiger partial charge in [-0.05, 0) is 58.2 Å². The first-order chi connectivity index (χ1) is 16.7. The minimum atomic E-state index is -0.545. The number of hydrogen-bond acceptors (Lipinski definition) is 4. The molecule has 0 N–H and O–H groups in total. The van der Waals surface area contributed by atoms with Crippen molar-refractivity contribution in [2.45, 2.75) is 57.7 Å². The van der Waals surface area contributed by atoms with Crippen molar-refractivity contribution in [3.05, 3.63) is 65.2 Å². The lowest BCUT2D eigenvalue weighted by molar-refractivity contribution is -0.0334. The van der Waals surface area contributed by atoms with Crippen LogP contribution in [-0.2, 0) is 4.74 Å². The number of ether oxygens (including phenoxy) is 1. The molecule has 2 aliphatic rings. The summed E-state index contributed by atoms with van der Waals surface area (Å²) in [5, 5.41) is 1.42. The molecule has 2 atom stereocenters. The number of likely N-dealkylation sites (tertiary alicyclic amines) is 1. The fourth-order valence-corrected chi connectivity index (χ4v) is 5.41. The summed E-state index contributed by atoms with van der Waals surface area (Å²) < 4.78 is 5.66. The van der Waals surface area contributed by atoms with Gasteiger partial charge in [-0.15, -0.1) is 0 Å². The van der Waals surface area contributed by atoms with E-state index in [1.807, 2.05) is 85.2 Å². The van der Waals surface area contributed by atoms with Crippen LogP contribution in [0.5, 0.6) is 0 Å². The maximum atomic E-state index is 13.6. The van der Waals surface area contributed by atoms with E-state index in [1.54, 1.807) is 0 Å². The molecule has 3 heterocycles. The number of carbonyl (C=O) groups is 2. The van der Waals surface area contributed by atoms with E-state index >= 15 is 0 Å². The zero-order chi connectivity index (χ0) is 24.7. The Morgan fingerprint density at radius 1 is 1.00 bits per heavy atom. The molecule has 2 amide bonds. The number of carbonyl (C=O) groups excluding carboxylic acids is 2. The molecule has 3 aromatic rings. The van der Waals surface area contributed by atoms with Crippen LogP contribution in [0.2, 0.25) is 5.02 Å². The van der Waals surface area contributed by atoms with Crippen molar-refractivity contribution in [1.82, 2.24) is 14.8 Å². The molecule has 2 unspecified atom stereocenters. The van der Waals surface area contributed by atoms with Gasteiger partial charge in [-0.3, -0.25) is 9.69 Å². The Morgan fingerprint density at radius 3 is 2.34 bits per heavy atom. The first kappa shape index (κ1) is 23.6. The van der Waals surface area contributed by atoms with Crippen LogP contribution in [0.4, 0.5) is 4.79 Å². The third-order valence-electron chi connectivity index (χ3n) is 6.69. The van der Waals surface area contributed by atoms with E-state index in [2.05, 4.69) is 0 Å². The Hall–Kier alpha value is -3.12. The molecule has 0 radical (unpaired) electrons. The molecular weight excluding hydrogens is 462 g/mol. The molecule has 2 aliphatic heterocycles. The summed E-state index contributed by atoms with van der Waals surface area (Å²) in [6, 6.07) is 17.2. The Kier molecular flexibility index (Phi) is 6.18. The predicted molar refractivity (Wildman–Crippen MR) is 138 cm³/mol. The lowest BCUT2D eigenvalue weighted by atomic mass is 9.91. The van der Waals surface area contributed by atoms with Gasteiger partial charge >= 0.3 is 6.09 Å². The Balaban J connectivity index is 1.40. The first-order valence-corrected chi connectivity index (χ1v) is 12.5. The van der Waals surface area contributed by atoms with Crippen LogP contribution >= 0.6 is 11.6 Å². The highest BCUT2D eigenvalue weighted by Gasteiger charge is 2.43. The summed E-state index contributed by atoms with van der Waals surface area (Å²) in [7, 11) is 0. The monoisotopic (exact) mass is 491 g/mol. The summed E-state index contributed by atoms with van der Waals surface area (Å²) in [6.07, 6.45) is 2.51. The number of piperazine rings is 1. The summed E-state index contributed by atoms with van der Waals surface area (Å²) in [6.45, 7) is 6.65. The van der Waals surface area contributed by atoms with E-state index in [0.29, 0.717) is 29.2 Å². The van der Waals surface area contributed by atoms with Gasteiger partial charge in [0.25, 0.3) is 5.91 Å². The van der Waals surface area contributed by atoms with Crippen molar-refractivity contribution in [3.63, 3.8) is 0 Å². The van der Waals surface area contributed by atoms with E-state index in [9.17, 15) is 9.59 Å². The average molecular weight is 492 g/mol. The standard InChI is InChI=1S/C28H30ClN3O3/c1-28(2,3)35-27(34)32-20-10-7-11-21(32)17-31(16-20)26(33)19-12-13-22-23(29)15-24(30-25(22)14-19)18-8-5-4-6-9-18/h4-6,8-9,12-15,20-21H,7,10-11,16-17H2,1-3H3. The Labute approximate surface area is 210 Å². The molecule has 35 heavy (non-hydrogen) atoms. The average Bonchev–Trinajstić information content (AvgIpc) is 2.81. The molecule has 2 aromatic carbocycles. The normalized spacial score (nSPS) is 20.1. The topological polar surface area (TPSA) is 62.7 Å². The highest BCUT2D eigenvalue weighted by molar-refractivity contribution is 6.35. The molecule has 7 heteroatoms. The van der Waals surface area contributed by atoms with Crippen LogP contribution in [0.3, 0.4) is 0 Å². The van der Waals surface area contributed by atoms with Gasteiger partial charge in [0.15, 0.2) is 0 Å². The number of halogens is 1. The van der Waals surface area contributed by atoms with Crippen LogP contribution in [0, 0.1) is 0 Å². The second-order valence-electron chi connectivity index (χ2n) is 10.4. The Bertz CT molecular complexity index is 1260. The second-order valence-corrected chi connectivity index (χ2v) is 10.8. The predicted octanol–water partition coefficient (Wildman–Crippen LogP) is 6.17. The summed E-state index contributed by atoms with van der Waals surface area (Å²) in [5.41, 5.74) is 2.47. The van der Waals surface area contributed by atoms with Crippen LogP contribution in [0.1, 0.15) is 50.4 Å². The van der Waals surface area contributed by atoms with Gasteiger partial charge in [0.05, 0.1) is 28.3 Å². The Morgan fingerprint density at radius 2 is 1.69 bits per heavy atom. The minimum absolute atomic E-state index is 0.0287. The van der Waals surface area contributed by atoms with E-state index in [1.165, 1.54) is 0 Å². The van der Waals surface area contributed by atoms with Crippen LogP contribution in [0.15, 0.2) is 54.6 Å². The van der Waals surface area contributed by atoms with Crippen molar-refractivity contribution in [1.29, 1.82) is 0 Å². The SMILES string of the molecule is CC(C)(C)OC(=O)N1C2CCCC1CN(C(=O)c1ccc3c(Cl)cc(-c4ccccc4)nc3c1)C2. The molecule has 1 aromatic heterocycles. The number of pyridine rings is 1. The molecule has 5 rings (SSSR count). The first-order valence-electron chi connectivity index (χ1n) is 12.2. The molecule has 6 nitrogen and oxygen atoms in total. The number of piperidine rings is 1. The fraction of sp³-hybridized carbons (Fsp3) is 0.393. The number of nitrogens with zero attached hydrogens (tertiary/aromatic N) is 3. The van der Waals surface area contributed by atoms with E-state index in [-0.39, 0.29) is 24.1 Å². The fourth-order valence-electron chi connectivity index (χ4n) is 5.14. The van der Waals surface area contributed by atoms with Crippen molar-refractivity contribution in [2.24, 2.45) is 0 Å². The molecule has 0 saturated carbocycles. The summed E-state index contributed by atoms with van der Waals surface area (Å²) in [4.78, 5) is 35.0.